The highest BCUT2D eigenvalue weighted by atomic mass is 19.1. The maximum absolute atomic E-state index is 13.5. The lowest BCUT2D eigenvalue weighted by Crippen LogP contribution is -2.38. The van der Waals surface area contributed by atoms with Crippen LogP contribution >= 0.6 is 0 Å². The molecule has 1 aromatic rings. The van der Waals surface area contributed by atoms with Crippen LogP contribution in [0.25, 0.3) is 0 Å². The van der Waals surface area contributed by atoms with E-state index in [0.29, 0.717) is 0 Å². The van der Waals surface area contributed by atoms with Crippen molar-refractivity contribution in [1.29, 1.82) is 0 Å². The molecule has 0 heterocycles. The Kier molecular flexibility index (Phi) is 5.62. The fraction of sp³-hybridized carbons (Fsp3) is 0.533. The van der Waals surface area contributed by atoms with Crippen molar-refractivity contribution < 1.29 is 18.3 Å². The fourth-order valence-electron chi connectivity index (χ4n) is 1.68. The number of halogens is 2. The standard InChI is InChI=1S/C15H21F2NO2/c1-10(18-14(19)9-20-15(2,3)4)8-11-12(16)6-5-7-13(11)17/h5-7,10H,8-9H2,1-4H3,(H,18,19). The first-order valence-electron chi connectivity index (χ1n) is 6.55. The van der Waals surface area contributed by atoms with E-state index in [2.05, 4.69) is 5.32 Å². The highest BCUT2D eigenvalue weighted by molar-refractivity contribution is 5.77. The van der Waals surface area contributed by atoms with Gasteiger partial charge in [0.25, 0.3) is 0 Å². The zero-order valence-corrected chi connectivity index (χ0v) is 12.3. The maximum Gasteiger partial charge on any atom is 0.246 e. The van der Waals surface area contributed by atoms with Crippen LogP contribution in [0, 0.1) is 11.6 Å². The molecule has 1 amide bonds. The van der Waals surface area contributed by atoms with Gasteiger partial charge in [-0.1, -0.05) is 6.07 Å². The molecule has 0 aliphatic carbocycles. The molecule has 0 aliphatic heterocycles. The quantitative estimate of drug-likeness (QED) is 0.903. The number of hydrogen-bond donors (Lipinski definition) is 1. The predicted molar refractivity (Wildman–Crippen MR) is 73.4 cm³/mol. The first-order valence-corrected chi connectivity index (χ1v) is 6.55. The van der Waals surface area contributed by atoms with Gasteiger partial charge in [0.1, 0.15) is 18.2 Å². The number of carbonyl (C=O) groups excluding carboxylic acids is 1. The van der Waals surface area contributed by atoms with Crippen LogP contribution in [0.2, 0.25) is 0 Å². The molecular formula is C15H21F2NO2. The summed E-state index contributed by atoms with van der Waals surface area (Å²) >= 11 is 0. The lowest BCUT2D eigenvalue weighted by Gasteiger charge is -2.20. The van der Waals surface area contributed by atoms with Crippen LogP contribution in [0.5, 0.6) is 0 Å². The van der Waals surface area contributed by atoms with E-state index in [1.807, 2.05) is 20.8 Å². The lowest BCUT2D eigenvalue weighted by atomic mass is 10.1. The molecule has 0 saturated heterocycles. The molecule has 20 heavy (non-hydrogen) atoms. The molecule has 1 rings (SSSR count). The summed E-state index contributed by atoms with van der Waals surface area (Å²) in [5.41, 5.74) is -0.421. The Hall–Kier alpha value is -1.49. The Labute approximate surface area is 118 Å². The van der Waals surface area contributed by atoms with Crippen molar-refractivity contribution in [3.05, 3.63) is 35.4 Å². The highest BCUT2D eigenvalue weighted by Gasteiger charge is 2.16. The van der Waals surface area contributed by atoms with E-state index in [1.54, 1.807) is 6.92 Å². The van der Waals surface area contributed by atoms with Gasteiger partial charge >= 0.3 is 0 Å². The molecule has 0 bridgehead atoms. The Bertz CT molecular complexity index is 449. The van der Waals surface area contributed by atoms with Crippen LogP contribution in [0.15, 0.2) is 18.2 Å². The van der Waals surface area contributed by atoms with E-state index >= 15 is 0 Å². The molecule has 5 heteroatoms. The molecule has 0 spiro atoms. The molecule has 0 radical (unpaired) electrons. The van der Waals surface area contributed by atoms with Crippen molar-refractivity contribution >= 4 is 5.91 Å². The van der Waals surface area contributed by atoms with Gasteiger partial charge in [0.15, 0.2) is 0 Å². The molecule has 1 unspecified atom stereocenters. The molecule has 0 aromatic heterocycles. The van der Waals surface area contributed by atoms with Crippen LogP contribution in [0.1, 0.15) is 33.3 Å². The van der Waals surface area contributed by atoms with Gasteiger partial charge in [0, 0.05) is 11.6 Å². The van der Waals surface area contributed by atoms with E-state index < -0.39 is 17.2 Å². The lowest BCUT2D eigenvalue weighted by molar-refractivity contribution is -0.131. The number of nitrogens with one attached hydrogen (secondary N) is 1. The zero-order chi connectivity index (χ0) is 15.3. The molecular weight excluding hydrogens is 264 g/mol. The third kappa shape index (κ3) is 5.65. The Balaban J connectivity index is 2.51. The molecule has 0 fully saturated rings. The van der Waals surface area contributed by atoms with Crippen molar-refractivity contribution in [3.8, 4) is 0 Å². The minimum atomic E-state index is -0.600. The van der Waals surface area contributed by atoms with Crippen LogP contribution in [-0.2, 0) is 16.0 Å². The van der Waals surface area contributed by atoms with Gasteiger partial charge in [-0.25, -0.2) is 8.78 Å². The summed E-state index contributed by atoms with van der Waals surface area (Å²) in [6.07, 6.45) is 0.0970. The maximum atomic E-state index is 13.5. The van der Waals surface area contributed by atoms with Crippen molar-refractivity contribution in [2.75, 3.05) is 6.61 Å². The van der Waals surface area contributed by atoms with E-state index in [0.717, 1.165) is 0 Å². The predicted octanol–water partition coefficient (Wildman–Crippen LogP) is 2.83. The third-order valence-corrected chi connectivity index (χ3v) is 2.62. The average Bonchev–Trinajstić information content (AvgIpc) is 2.31. The number of amides is 1. The first kappa shape index (κ1) is 16.6. The normalized spacial score (nSPS) is 13.1. The molecule has 3 nitrogen and oxygen atoms in total. The first-order chi connectivity index (χ1) is 9.19. The smallest absolute Gasteiger partial charge is 0.246 e. The Morgan fingerprint density at radius 2 is 1.85 bits per heavy atom. The van der Waals surface area contributed by atoms with Crippen LogP contribution < -0.4 is 5.32 Å². The van der Waals surface area contributed by atoms with E-state index in [-0.39, 0.29) is 30.5 Å². The summed E-state index contributed by atoms with van der Waals surface area (Å²) < 4.78 is 32.3. The largest absolute Gasteiger partial charge is 0.366 e. The summed E-state index contributed by atoms with van der Waals surface area (Å²) in [6.45, 7) is 7.16. The van der Waals surface area contributed by atoms with Gasteiger partial charge in [-0.15, -0.1) is 0 Å². The summed E-state index contributed by atoms with van der Waals surface area (Å²) in [7, 11) is 0. The summed E-state index contributed by atoms with van der Waals surface area (Å²) in [6, 6.07) is 3.34. The second kappa shape index (κ2) is 6.79. The summed E-state index contributed by atoms with van der Waals surface area (Å²) in [4.78, 5) is 11.6. The molecule has 1 N–H and O–H groups in total. The van der Waals surface area contributed by atoms with E-state index in [9.17, 15) is 13.6 Å². The monoisotopic (exact) mass is 285 g/mol. The minimum Gasteiger partial charge on any atom is -0.366 e. The SMILES string of the molecule is CC(Cc1c(F)cccc1F)NC(=O)COC(C)(C)C. The van der Waals surface area contributed by atoms with Crippen molar-refractivity contribution in [2.45, 2.75) is 45.8 Å². The average molecular weight is 285 g/mol. The number of benzene rings is 1. The van der Waals surface area contributed by atoms with Crippen LogP contribution in [0.4, 0.5) is 8.78 Å². The zero-order valence-electron chi connectivity index (χ0n) is 12.3. The number of carbonyl (C=O) groups is 1. The fourth-order valence-corrected chi connectivity index (χ4v) is 1.68. The van der Waals surface area contributed by atoms with Gasteiger partial charge < -0.3 is 10.1 Å². The van der Waals surface area contributed by atoms with Gasteiger partial charge in [0.2, 0.25) is 5.91 Å². The van der Waals surface area contributed by atoms with E-state index in [1.165, 1.54) is 18.2 Å². The second-order valence-corrected chi connectivity index (χ2v) is 5.77. The molecule has 1 aromatic carbocycles. The van der Waals surface area contributed by atoms with Crippen molar-refractivity contribution in [2.24, 2.45) is 0 Å². The van der Waals surface area contributed by atoms with Gasteiger partial charge in [0.05, 0.1) is 5.60 Å². The molecule has 112 valence electrons. The van der Waals surface area contributed by atoms with Crippen LogP contribution in [0.3, 0.4) is 0 Å². The second-order valence-electron chi connectivity index (χ2n) is 5.77. The molecule has 1 atom stereocenters. The summed E-state index contributed by atoms with van der Waals surface area (Å²) in [5, 5.41) is 2.66. The van der Waals surface area contributed by atoms with Gasteiger partial charge in [-0.05, 0) is 46.2 Å². The van der Waals surface area contributed by atoms with Gasteiger partial charge in [-0.2, -0.15) is 0 Å². The highest BCUT2D eigenvalue weighted by Crippen LogP contribution is 2.14. The van der Waals surface area contributed by atoms with Crippen molar-refractivity contribution in [3.63, 3.8) is 0 Å². The number of rotatable bonds is 5. The summed E-state index contributed by atoms with van der Waals surface area (Å²) in [5.74, 6) is -1.50. The molecule has 0 saturated carbocycles. The van der Waals surface area contributed by atoms with Crippen LogP contribution in [-0.4, -0.2) is 24.2 Å². The Morgan fingerprint density at radius 3 is 2.35 bits per heavy atom. The number of ether oxygens (including phenoxy) is 1. The Morgan fingerprint density at radius 1 is 1.30 bits per heavy atom. The third-order valence-electron chi connectivity index (χ3n) is 2.62. The van der Waals surface area contributed by atoms with Crippen molar-refractivity contribution in [1.82, 2.24) is 5.32 Å². The van der Waals surface area contributed by atoms with E-state index in [4.69, 9.17) is 4.74 Å². The molecule has 0 aliphatic rings. The topological polar surface area (TPSA) is 38.3 Å². The minimum absolute atomic E-state index is 0.0166. The number of hydrogen-bond acceptors (Lipinski definition) is 2. The van der Waals surface area contributed by atoms with Gasteiger partial charge in [-0.3, -0.25) is 4.79 Å².